The molecular formula is C68H83FN6O11. The number of carbonyl (C=O) groups is 5. The molecule has 3 aliphatic heterocycles. The molecule has 0 spiro atoms. The number of nitrogens with one attached hydrogen (secondary N) is 1. The number of anilines is 1. The molecule has 6 aromatic rings. The lowest BCUT2D eigenvalue weighted by atomic mass is 9.52. The number of ether oxygens (including phenoxy) is 1. The lowest BCUT2D eigenvalue weighted by molar-refractivity contribution is -0.170. The van der Waals surface area contributed by atoms with E-state index in [9.17, 15) is 33.2 Å². The van der Waals surface area contributed by atoms with Gasteiger partial charge in [-0.25, -0.2) is 14.0 Å². The van der Waals surface area contributed by atoms with Crippen LogP contribution >= 0.6 is 0 Å². The number of ketones is 1. The first-order valence-corrected chi connectivity index (χ1v) is 30.2. The Morgan fingerprint density at radius 1 is 0.779 bits per heavy atom. The van der Waals surface area contributed by atoms with Gasteiger partial charge in [0, 0.05) is 86.4 Å². The number of H-pyrrole nitrogens is 1. The van der Waals surface area contributed by atoms with E-state index in [1.165, 1.54) is 74.9 Å². The van der Waals surface area contributed by atoms with Crippen molar-refractivity contribution in [2.24, 2.45) is 5.92 Å². The summed E-state index contributed by atoms with van der Waals surface area (Å²) in [6, 6.07) is 42.1. The van der Waals surface area contributed by atoms with Gasteiger partial charge in [-0.05, 0) is 155 Å². The van der Waals surface area contributed by atoms with Crippen LogP contribution in [0.4, 0.5) is 10.1 Å². The van der Waals surface area contributed by atoms with Crippen molar-refractivity contribution in [1.29, 1.82) is 0 Å². The third-order valence-electron chi connectivity index (χ3n) is 17.9. The second-order valence-electron chi connectivity index (χ2n) is 23.3. The maximum atomic E-state index is 12.9. The van der Waals surface area contributed by atoms with E-state index < -0.39 is 36.4 Å². The quantitative estimate of drug-likeness (QED) is 0.0505. The number of imidazole rings is 1. The standard InChI is InChI=1S/C22H22FN3O2.C22H28N2O.C18H25NO.C6H8O7/c23-17-9-7-16(8-10-17)21(27)6-3-13-25-14-11-18(12-15-25)26-20-5-2-1-4-19(20)24-22(26)28;1-2-22(25)24(20-11-7-4-8-12-20)21-14-17-23(18-15-21)16-13-19-9-5-3-6-10-19;1-19-10-9-18-8-4-3-5-15(18)17(19)11-13-6-7-14(20-2)12-16(13)18;7-3(8)1-6(13,5(11)12)2-4(9)10/h1-2,4-5,7-11H,3,6,12-15H2,(H,24,28);3-12,21H,2,13-18H2,1H3;6-7,12,15,17H,3-5,8-11H2,1-2H3;13H,1-2H2,(H,7,8)(H,9,10)(H,11,12)/t;;15-,17+,18+;/m..1./s1. The minimum Gasteiger partial charge on any atom is -0.497 e. The number of carbonyl (C=O) groups excluding carboxylic acids is 2. The van der Waals surface area contributed by atoms with Crippen LogP contribution in [-0.2, 0) is 37.4 Å². The van der Waals surface area contributed by atoms with Crippen molar-refractivity contribution in [2.45, 2.75) is 126 Å². The normalized spacial score (nSPS) is 19.5. The summed E-state index contributed by atoms with van der Waals surface area (Å²) in [7, 11) is 4.12. The number of methoxy groups -OCH3 is 1. The first kappa shape index (κ1) is 64.2. The number of hydrogen-bond donors (Lipinski definition) is 5. The van der Waals surface area contributed by atoms with Crippen molar-refractivity contribution in [3.8, 4) is 5.75 Å². The van der Waals surface area contributed by atoms with Crippen molar-refractivity contribution in [2.75, 3.05) is 64.9 Å². The number of likely N-dealkylation sites (tertiary alicyclic amines) is 2. The number of hydrogen-bond acceptors (Lipinski definition) is 11. The highest BCUT2D eigenvalue weighted by Gasteiger charge is 2.53. The van der Waals surface area contributed by atoms with E-state index >= 15 is 0 Å². The molecule has 17 nitrogen and oxygen atoms in total. The molecule has 18 heteroatoms. The van der Waals surface area contributed by atoms with Crippen molar-refractivity contribution in [1.82, 2.24) is 24.3 Å². The average Bonchev–Trinajstić information content (AvgIpc) is 1.09. The predicted octanol–water partition coefficient (Wildman–Crippen LogP) is 9.95. The minimum atomic E-state index is -2.74. The van der Waals surface area contributed by atoms with Gasteiger partial charge in [0.15, 0.2) is 11.4 Å². The summed E-state index contributed by atoms with van der Waals surface area (Å²) in [5, 5.41) is 33.8. The van der Waals surface area contributed by atoms with E-state index in [1.54, 1.807) is 22.8 Å². The van der Waals surface area contributed by atoms with Gasteiger partial charge in [-0.2, -0.15) is 0 Å². The molecule has 1 saturated carbocycles. The number of rotatable bonds is 18. The summed E-state index contributed by atoms with van der Waals surface area (Å²) in [5.74, 6) is -3.17. The van der Waals surface area contributed by atoms with Gasteiger partial charge in [0.2, 0.25) is 5.91 Å². The van der Waals surface area contributed by atoms with Crippen molar-refractivity contribution in [3.63, 3.8) is 0 Å². The fourth-order valence-electron chi connectivity index (χ4n) is 13.4. The predicted molar refractivity (Wildman–Crippen MR) is 330 cm³/mol. The number of Topliss-reactive ketones (excluding diaryl/α,β-unsaturated/α-hetero) is 1. The maximum Gasteiger partial charge on any atom is 0.336 e. The molecule has 0 radical (unpaired) electrons. The zero-order valence-corrected chi connectivity index (χ0v) is 49.8. The number of halogens is 1. The minimum absolute atomic E-state index is 0.0404. The summed E-state index contributed by atoms with van der Waals surface area (Å²) in [6.07, 6.45) is 13.8. The second kappa shape index (κ2) is 30.0. The molecule has 1 amide bonds. The second-order valence-corrected chi connectivity index (χ2v) is 23.3. The highest BCUT2D eigenvalue weighted by Crippen LogP contribution is 2.56. The van der Waals surface area contributed by atoms with Gasteiger partial charge in [-0.3, -0.25) is 28.6 Å². The van der Waals surface area contributed by atoms with Crippen LogP contribution in [-0.4, -0.2) is 152 Å². The Morgan fingerprint density at radius 3 is 2.09 bits per heavy atom. The number of carboxylic acid groups (broad SMARTS) is 3. The molecule has 3 atom stereocenters. The van der Waals surface area contributed by atoms with E-state index in [0.717, 1.165) is 111 Å². The number of aliphatic hydroxyl groups is 1. The first-order valence-electron chi connectivity index (χ1n) is 30.2. The number of benzene rings is 5. The topological polar surface area (TPSA) is 226 Å². The van der Waals surface area contributed by atoms with Gasteiger partial charge in [0.25, 0.3) is 0 Å². The molecule has 5 aliphatic rings. The fraction of sp³-hybridized carbons (Fsp3) is 0.441. The number of nitrogens with zero attached hydrogens (tertiary/aromatic N) is 5. The van der Waals surface area contributed by atoms with Crippen LogP contribution < -0.4 is 15.3 Å². The van der Waals surface area contributed by atoms with E-state index in [0.29, 0.717) is 29.9 Å². The van der Waals surface area contributed by atoms with Crippen LogP contribution in [0, 0.1) is 11.7 Å². The molecule has 0 unspecified atom stereocenters. The molecule has 458 valence electrons. The van der Waals surface area contributed by atoms with Crippen LogP contribution in [0.25, 0.3) is 16.7 Å². The molecule has 2 aliphatic carbocycles. The van der Waals surface area contributed by atoms with Gasteiger partial charge < -0.3 is 44.8 Å². The van der Waals surface area contributed by atoms with Crippen LogP contribution in [0.3, 0.4) is 0 Å². The molecule has 4 heterocycles. The van der Waals surface area contributed by atoms with Gasteiger partial charge in [0.1, 0.15) is 11.6 Å². The monoisotopic (exact) mass is 1180 g/mol. The number of piperidine rings is 2. The summed E-state index contributed by atoms with van der Waals surface area (Å²) in [5.41, 5.74) is 6.58. The van der Waals surface area contributed by atoms with Crippen LogP contribution in [0.1, 0.15) is 117 Å². The third kappa shape index (κ3) is 16.2. The zero-order valence-electron chi connectivity index (χ0n) is 49.8. The third-order valence-corrected chi connectivity index (χ3v) is 17.9. The van der Waals surface area contributed by atoms with E-state index in [4.69, 9.17) is 25.2 Å². The Labute approximate surface area is 502 Å². The van der Waals surface area contributed by atoms with Gasteiger partial charge in [0.05, 0.1) is 31.0 Å². The Hall–Kier alpha value is -7.77. The Morgan fingerprint density at radius 2 is 1.45 bits per heavy atom. The van der Waals surface area contributed by atoms with Crippen molar-refractivity contribution >= 4 is 52.0 Å². The van der Waals surface area contributed by atoms with Crippen molar-refractivity contribution in [3.05, 3.63) is 172 Å². The zero-order chi connectivity index (χ0) is 61.4. The molecule has 5 N–H and O–H groups in total. The van der Waals surface area contributed by atoms with Gasteiger partial charge >= 0.3 is 23.6 Å². The number of carboxylic acids is 3. The lowest BCUT2D eigenvalue weighted by Gasteiger charge is -2.58. The summed E-state index contributed by atoms with van der Waals surface area (Å²) in [6.45, 7) is 8.87. The average molecular weight is 1180 g/mol. The number of aliphatic carboxylic acids is 3. The fourth-order valence-corrected chi connectivity index (χ4v) is 13.4. The van der Waals surface area contributed by atoms with Crippen LogP contribution in [0.2, 0.25) is 0 Å². The molecule has 3 fully saturated rings. The highest BCUT2D eigenvalue weighted by molar-refractivity contribution is 5.96. The largest absolute Gasteiger partial charge is 0.497 e. The molecular weight excluding hydrogens is 1100 g/mol. The highest BCUT2D eigenvalue weighted by atomic mass is 19.1. The number of para-hydroxylation sites is 3. The lowest BCUT2D eigenvalue weighted by Crippen LogP contribution is -2.59. The maximum absolute atomic E-state index is 12.9. The number of aromatic nitrogens is 2. The van der Waals surface area contributed by atoms with Crippen LogP contribution in [0.15, 0.2) is 138 Å². The first-order chi connectivity index (χ1) is 41.4. The summed E-state index contributed by atoms with van der Waals surface area (Å²) < 4.78 is 20.2. The molecule has 2 saturated heterocycles. The van der Waals surface area contributed by atoms with E-state index in [1.807, 2.05) is 54.3 Å². The Balaban J connectivity index is 0.000000154. The smallest absolute Gasteiger partial charge is 0.336 e. The van der Waals surface area contributed by atoms with Gasteiger partial charge in [-0.15, -0.1) is 0 Å². The molecule has 5 aromatic carbocycles. The number of aromatic amines is 1. The van der Waals surface area contributed by atoms with E-state index in [2.05, 4.69) is 93.5 Å². The molecule has 86 heavy (non-hydrogen) atoms. The van der Waals surface area contributed by atoms with Crippen LogP contribution in [0.5, 0.6) is 5.75 Å². The van der Waals surface area contributed by atoms with E-state index in [-0.39, 0.29) is 23.2 Å². The SMILES string of the molecule is CCC(=O)N(c1ccccc1)C1CCN(CCc2ccccc2)CC1.COc1ccc2c(c1)[C@]13CCCC[C@@H]1[C@H](C2)N(C)CC3.O=C(CCCN1CC=C(n2c(=O)[nH]c3ccccc32)CC1)c1ccc(F)cc1.O=C(O)CC(O)(CC(=O)O)C(=O)O. The number of likely N-dealkylation sites (N-methyl/N-ethyl adjacent to an activating group) is 1. The summed E-state index contributed by atoms with van der Waals surface area (Å²) in [4.78, 5) is 79.9. The van der Waals surface area contributed by atoms with Crippen molar-refractivity contribution < 1.29 is 53.5 Å². The molecule has 1 aromatic heterocycles. The Bertz CT molecular complexity index is 3330. The number of fused-ring (bicyclic) bond motifs is 2. The number of amides is 1. The molecule has 11 rings (SSSR count). The molecule has 2 bridgehead atoms. The Kier molecular flexibility index (Phi) is 22.4. The van der Waals surface area contributed by atoms with Gasteiger partial charge in [-0.1, -0.05) is 92.6 Å². The summed E-state index contributed by atoms with van der Waals surface area (Å²) >= 11 is 0.